The number of rotatable bonds is 7. The van der Waals surface area contributed by atoms with Crippen LogP contribution in [0, 0.1) is 11.7 Å². The smallest absolute Gasteiger partial charge is 0.338 e. The van der Waals surface area contributed by atoms with Gasteiger partial charge in [0.1, 0.15) is 11.9 Å². The van der Waals surface area contributed by atoms with Crippen LogP contribution in [0.4, 0.5) is 4.39 Å². The minimum atomic E-state index is -0.837. The Hall–Kier alpha value is -2.63. The molecular weight excluding hydrogens is 503 g/mol. The highest BCUT2D eigenvalue weighted by atomic mass is 79.9. The lowest BCUT2D eigenvalue weighted by Gasteiger charge is -2.38. The molecule has 0 spiro atoms. The van der Waals surface area contributed by atoms with Gasteiger partial charge in [0.15, 0.2) is 10.8 Å². The summed E-state index contributed by atoms with van der Waals surface area (Å²) in [5.41, 5.74) is 1.47. The lowest BCUT2D eigenvalue weighted by atomic mass is 9.94. The van der Waals surface area contributed by atoms with Gasteiger partial charge >= 0.3 is 11.9 Å². The van der Waals surface area contributed by atoms with Gasteiger partial charge in [0.25, 0.3) is 0 Å². The summed E-state index contributed by atoms with van der Waals surface area (Å²) < 4.78 is 19.5. The minimum Gasteiger partial charge on any atom is -0.481 e. The summed E-state index contributed by atoms with van der Waals surface area (Å²) in [5.74, 6) is -1.73. The number of carbonyl (C=O) groups is 2. The number of benzene rings is 1. The molecule has 0 bridgehead atoms. The molecule has 1 saturated heterocycles. The van der Waals surface area contributed by atoms with E-state index in [9.17, 15) is 19.1 Å². The number of nitrogens with one attached hydrogen (secondary N) is 1. The standard InChI is InChI=1S/C21H20BrFN4O4S/c1-2-31-21(30)16-15(10-27-8-11(9-27)20(28)29)25-18(19-24-5-6-32-19)26-17(16)13-4-3-12(23)7-14(13)22/h3-7,11,17H,2,8-10H2,1H3,(H,25,26)(H,28,29)/t17-/m0/s1. The van der Waals surface area contributed by atoms with Crippen LogP contribution in [-0.4, -0.2) is 59.0 Å². The van der Waals surface area contributed by atoms with E-state index in [1.807, 2.05) is 10.3 Å². The van der Waals surface area contributed by atoms with Crippen molar-refractivity contribution in [2.45, 2.75) is 13.0 Å². The van der Waals surface area contributed by atoms with E-state index in [2.05, 4.69) is 26.2 Å². The summed E-state index contributed by atoms with van der Waals surface area (Å²) in [4.78, 5) is 35.2. The molecule has 2 aromatic rings. The van der Waals surface area contributed by atoms with Crippen LogP contribution in [0.3, 0.4) is 0 Å². The van der Waals surface area contributed by atoms with Crippen LogP contribution >= 0.6 is 27.3 Å². The molecule has 1 aromatic heterocycles. The molecule has 32 heavy (non-hydrogen) atoms. The monoisotopic (exact) mass is 522 g/mol. The Bertz CT molecular complexity index is 1100. The van der Waals surface area contributed by atoms with Crippen molar-refractivity contribution in [3.63, 3.8) is 0 Å². The van der Waals surface area contributed by atoms with E-state index in [1.165, 1.54) is 23.5 Å². The van der Waals surface area contributed by atoms with Crippen molar-refractivity contribution in [3.8, 4) is 0 Å². The lowest BCUT2D eigenvalue weighted by molar-refractivity contribution is -0.147. The van der Waals surface area contributed by atoms with E-state index < -0.39 is 29.7 Å². The molecule has 3 heterocycles. The molecule has 168 valence electrons. The van der Waals surface area contributed by atoms with Crippen molar-refractivity contribution >= 4 is 45.0 Å². The number of thiazole rings is 1. The van der Waals surface area contributed by atoms with E-state index in [1.54, 1.807) is 19.2 Å². The average molecular weight is 523 g/mol. The van der Waals surface area contributed by atoms with Crippen molar-refractivity contribution in [3.05, 3.63) is 61.9 Å². The summed E-state index contributed by atoms with van der Waals surface area (Å²) in [6, 6.07) is 3.47. The SMILES string of the molecule is CCOC(=O)C1=C(CN2CC(C(=O)O)C2)NC(c2nccs2)=N[C@H]1c1ccc(F)cc1Br. The van der Waals surface area contributed by atoms with Gasteiger partial charge in [0.2, 0.25) is 0 Å². The predicted octanol–water partition coefficient (Wildman–Crippen LogP) is 2.97. The van der Waals surface area contributed by atoms with Gasteiger partial charge in [-0.1, -0.05) is 22.0 Å². The number of aliphatic carboxylic acids is 1. The average Bonchev–Trinajstić information content (AvgIpc) is 3.24. The van der Waals surface area contributed by atoms with Crippen molar-refractivity contribution in [1.29, 1.82) is 0 Å². The molecule has 0 unspecified atom stereocenters. The molecule has 0 amide bonds. The molecule has 2 aliphatic heterocycles. The highest BCUT2D eigenvalue weighted by Crippen LogP contribution is 2.37. The molecular formula is C21H20BrFN4O4S. The Morgan fingerprint density at radius 3 is 2.81 bits per heavy atom. The molecule has 1 aromatic carbocycles. The van der Waals surface area contributed by atoms with Crippen molar-refractivity contribution in [2.24, 2.45) is 10.9 Å². The first-order valence-electron chi connectivity index (χ1n) is 9.92. The number of amidine groups is 1. The lowest BCUT2D eigenvalue weighted by Crippen LogP contribution is -2.52. The van der Waals surface area contributed by atoms with E-state index in [-0.39, 0.29) is 6.61 Å². The van der Waals surface area contributed by atoms with Gasteiger partial charge in [0.05, 0.1) is 18.1 Å². The van der Waals surface area contributed by atoms with Gasteiger partial charge < -0.3 is 15.2 Å². The predicted molar refractivity (Wildman–Crippen MR) is 120 cm³/mol. The maximum atomic E-state index is 13.8. The fourth-order valence-corrected chi connectivity index (χ4v) is 4.80. The minimum absolute atomic E-state index is 0.181. The number of halogens is 2. The van der Waals surface area contributed by atoms with Crippen LogP contribution in [0.2, 0.25) is 0 Å². The Balaban J connectivity index is 1.77. The summed E-state index contributed by atoms with van der Waals surface area (Å²) in [7, 11) is 0. The zero-order valence-corrected chi connectivity index (χ0v) is 19.5. The van der Waals surface area contributed by atoms with Crippen LogP contribution in [0.1, 0.15) is 23.5 Å². The van der Waals surface area contributed by atoms with Gasteiger partial charge in [-0.15, -0.1) is 11.3 Å². The van der Waals surface area contributed by atoms with Gasteiger partial charge in [-0.3, -0.25) is 14.7 Å². The molecule has 11 heteroatoms. The highest BCUT2D eigenvalue weighted by Gasteiger charge is 2.38. The molecule has 0 aliphatic carbocycles. The van der Waals surface area contributed by atoms with Crippen LogP contribution in [0.5, 0.6) is 0 Å². The van der Waals surface area contributed by atoms with Crippen LogP contribution in [-0.2, 0) is 14.3 Å². The summed E-state index contributed by atoms with van der Waals surface area (Å²) in [6.45, 7) is 2.98. The molecule has 1 atom stereocenters. The van der Waals surface area contributed by atoms with Gasteiger partial charge in [-0.25, -0.2) is 14.2 Å². The first kappa shape index (κ1) is 22.6. The second-order valence-corrected chi connectivity index (χ2v) is 9.10. The molecule has 1 fully saturated rings. The summed E-state index contributed by atoms with van der Waals surface area (Å²) >= 11 is 4.79. The zero-order valence-electron chi connectivity index (χ0n) is 17.0. The molecule has 2 N–H and O–H groups in total. The number of aliphatic imine (C=N–C) groups is 1. The molecule has 2 aliphatic rings. The first-order valence-corrected chi connectivity index (χ1v) is 11.6. The normalized spacial score (nSPS) is 19.2. The second-order valence-electron chi connectivity index (χ2n) is 7.35. The quantitative estimate of drug-likeness (QED) is 0.538. The first-order chi connectivity index (χ1) is 15.4. The number of aromatic nitrogens is 1. The second kappa shape index (κ2) is 9.47. The summed E-state index contributed by atoms with van der Waals surface area (Å²) in [5, 5.41) is 14.9. The third-order valence-corrected chi connectivity index (χ3v) is 6.67. The number of ether oxygens (including phenoxy) is 1. The molecule has 8 nitrogen and oxygen atoms in total. The van der Waals surface area contributed by atoms with Crippen molar-refractivity contribution in [1.82, 2.24) is 15.2 Å². The third-order valence-electron chi connectivity index (χ3n) is 5.20. The largest absolute Gasteiger partial charge is 0.481 e. The van der Waals surface area contributed by atoms with Gasteiger partial charge in [-0.05, 0) is 24.6 Å². The molecule has 0 radical (unpaired) electrons. The number of carboxylic acid groups (broad SMARTS) is 1. The van der Waals surface area contributed by atoms with Crippen molar-refractivity contribution < 1.29 is 23.8 Å². The van der Waals surface area contributed by atoms with E-state index >= 15 is 0 Å². The van der Waals surface area contributed by atoms with E-state index in [0.717, 1.165) is 0 Å². The summed E-state index contributed by atoms with van der Waals surface area (Å²) in [6.07, 6.45) is 1.66. The Morgan fingerprint density at radius 2 is 2.19 bits per heavy atom. The Kier molecular flexibility index (Phi) is 6.68. The fraction of sp³-hybridized carbons (Fsp3) is 0.333. The van der Waals surface area contributed by atoms with Crippen LogP contribution < -0.4 is 5.32 Å². The fourth-order valence-electron chi connectivity index (χ4n) is 3.65. The molecule has 0 saturated carbocycles. The van der Waals surface area contributed by atoms with Gasteiger partial charge in [-0.2, -0.15) is 0 Å². The Morgan fingerprint density at radius 1 is 1.41 bits per heavy atom. The Labute approximate surface area is 195 Å². The third kappa shape index (κ3) is 4.59. The van der Waals surface area contributed by atoms with E-state index in [4.69, 9.17) is 9.73 Å². The van der Waals surface area contributed by atoms with Crippen LogP contribution in [0.25, 0.3) is 0 Å². The van der Waals surface area contributed by atoms with Gasteiger partial charge in [0, 0.05) is 41.4 Å². The van der Waals surface area contributed by atoms with Crippen molar-refractivity contribution in [2.75, 3.05) is 26.2 Å². The molecule has 4 rings (SSSR count). The number of nitrogens with zero attached hydrogens (tertiary/aromatic N) is 3. The maximum absolute atomic E-state index is 13.8. The number of carboxylic acids is 1. The van der Waals surface area contributed by atoms with Crippen LogP contribution in [0.15, 0.2) is 50.5 Å². The highest BCUT2D eigenvalue weighted by molar-refractivity contribution is 9.10. The maximum Gasteiger partial charge on any atom is 0.338 e. The zero-order chi connectivity index (χ0) is 22.8. The topological polar surface area (TPSA) is 104 Å². The number of likely N-dealkylation sites (tertiary alicyclic amines) is 1. The van der Waals surface area contributed by atoms with E-state index in [0.29, 0.717) is 51.8 Å². The number of hydrogen-bond donors (Lipinski definition) is 2. The number of hydrogen-bond acceptors (Lipinski definition) is 8. The number of esters is 1. The number of carbonyl (C=O) groups excluding carboxylic acids is 1.